The summed E-state index contributed by atoms with van der Waals surface area (Å²) >= 11 is 5.99. The van der Waals surface area contributed by atoms with Crippen LogP contribution in [0.4, 0.5) is 11.5 Å². The number of anilines is 2. The number of nitrogens with zero attached hydrogens (tertiary/aromatic N) is 3. The van der Waals surface area contributed by atoms with E-state index in [4.69, 9.17) is 22.1 Å². The third kappa shape index (κ3) is 3.96. The van der Waals surface area contributed by atoms with Gasteiger partial charge in [0.05, 0.1) is 24.0 Å². The molecule has 0 radical (unpaired) electrons. The van der Waals surface area contributed by atoms with E-state index in [-0.39, 0.29) is 11.9 Å². The normalized spacial score (nSPS) is 18.5. The Morgan fingerprint density at radius 1 is 1.03 bits per heavy atom. The molecule has 1 aromatic heterocycles. The van der Waals surface area contributed by atoms with E-state index in [2.05, 4.69) is 9.88 Å². The summed E-state index contributed by atoms with van der Waals surface area (Å²) in [6, 6.07) is 17.4. The van der Waals surface area contributed by atoms with Gasteiger partial charge in [0.1, 0.15) is 18.2 Å². The predicted molar refractivity (Wildman–Crippen MR) is 123 cm³/mol. The monoisotopic (exact) mass is 434 g/mol. The predicted octanol–water partition coefficient (Wildman–Crippen LogP) is 3.98. The van der Waals surface area contributed by atoms with Crippen molar-refractivity contribution in [2.45, 2.75) is 12.5 Å². The number of pyridine rings is 1. The molecule has 0 bridgehead atoms. The van der Waals surface area contributed by atoms with E-state index >= 15 is 0 Å². The van der Waals surface area contributed by atoms with Crippen molar-refractivity contribution in [1.29, 1.82) is 0 Å². The number of rotatable bonds is 3. The summed E-state index contributed by atoms with van der Waals surface area (Å²) in [6.45, 7) is 2.59. The van der Waals surface area contributed by atoms with Crippen LogP contribution in [0.1, 0.15) is 16.8 Å². The van der Waals surface area contributed by atoms with E-state index in [0.29, 0.717) is 29.5 Å². The summed E-state index contributed by atoms with van der Waals surface area (Å²) in [5.74, 6) is 1.40. The molecule has 2 N–H and O–H groups in total. The van der Waals surface area contributed by atoms with Crippen LogP contribution in [0, 0.1) is 0 Å². The van der Waals surface area contributed by atoms with Crippen LogP contribution in [0.5, 0.6) is 5.75 Å². The van der Waals surface area contributed by atoms with Crippen LogP contribution in [0.2, 0.25) is 5.02 Å². The number of hydrogen-bond donors (Lipinski definition) is 1. The average Bonchev–Trinajstić information content (AvgIpc) is 3.16. The van der Waals surface area contributed by atoms with Crippen molar-refractivity contribution in [3.63, 3.8) is 0 Å². The molecule has 1 amide bonds. The number of halogens is 1. The van der Waals surface area contributed by atoms with Gasteiger partial charge in [-0.3, -0.25) is 4.79 Å². The Labute approximate surface area is 186 Å². The number of carbonyl (C=O) groups is 1. The topological polar surface area (TPSA) is 71.7 Å². The Balaban J connectivity index is 1.39. The van der Waals surface area contributed by atoms with Gasteiger partial charge in [0, 0.05) is 24.2 Å². The van der Waals surface area contributed by atoms with Gasteiger partial charge in [-0.15, -0.1) is 0 Å². The van der Waals surface area contributed by atoms with E-state index in [0.717, 1.165) is 42.1 Å². The number of benzene rings is 2. The molecule has 1 fully saturated rings. The molecule has 2 aliphatic heterocycles. The van der Waals surface area contributed by atoms with Crippen LogP contribution in [0.15, 0.2) is 60.8 Å². The fourth-order valence-electron chi connectivity index (χ4n) is 4.10. The van der Waals surface area contributed by atoms with Crippen molar-refractivity contribution < 1.29 is 9.53 Å². The highest BCUT2D eigenvalue weighted by Crippen LogP contribution is 2.32. The average molecular weight is 435 g/mol. The number of carbonyl (C=O) groups excluding carboxylic acids is 1. The second kappa shape index (κ2) is 8.21. The zero-order chi connectivity index (χ0) is 21.4. The molecular weight excluding hydrogens is 412 g/mol. The van der Waals surface area contributed by atoms with E-state index < -0.39 is 0 Å². The Morgan fingerprint density at radius 3 is 2.55 bits per heavy atom. The van der Waals surface area contributed by atoms with Crippen molar-refractivity contribution in [3.8, 4) is 16.9 Å². The molecule has 3 heterocycles. The molecule has 0 aliphatic carbocycles. The molecule has 1 saturated heterocycles. The van der Waals surface area contributed by atoms with Crippen LogP contribution >= 0.6 is 11.6 Å². The fraction of sp³-hybridized carbons (Fsp3) is 0.250. The largest absolute Gasteiger partial charge is 0.491 e. The number of ether oxygens (including phenoxy) is 1. The maximum Gasteiger partial charge on any atom is 0.262 e. The first-order valence-corrected chi connectivity index (χ1v) is 10.8. The Bertz CT molecular complexity index is 1100. The maximum atomic E-state index is 13.3. The van der Waals surface area contributed by atoms with Crippen LogP contribution in [-0.2, 0) is 0 Å². The zero-order valence-electron chi connectivity index (χ0n) is 17.0. The molecule has 1 unspecified atom stereocenters. The van der Waals surface area contributed by atoms with Gasteiger partial charge < -0.3 is 20.3 Å². The van der Waals surface area contributed by atoms with Crippen molar-refractivity contribution in [2.24, 2.45) is 5.73 Å². The molecule has 2 aliphatic rings. The molecule has 1 atom stereocenters. The van der Waals surface area contributed by atoms with E-state index in [1.165, 1.54) is 0 Å². The quantitative estimate of drug-likeness (QED) is 0.675. The molecule has 31 heavy (non-hydrogen) atoms. The number of nitrogens with two attached hydrogens (primary N) is 1. The summed E-state index contributed by atoms with van der Waals surface area (Å²) < 4.78 is 5.94. The van der Waals surface area contributed by atoms with Gasteiger partial charge in [-0.2, -0.15) is 0 Å². The first-order chi connectivity index (χ1) is 15.1. The van der Waals surface area contributed by atoms with E-state index in [1.54, 1.807) is 11.1 Å². The molecule has 2 aromatic carbocycles. The maximum absolute atomic E-state index is 13.3. The first kappa shape index (κ1) is 19.8. The van der Waals surface area contributed by atoms with E-state index in [9.17, 15) is 4.79 Å². The lowest BCUT2D eigenvalue weighted by Crippen LogP contribution is -2.32. The minimum absolute atomic E-state index is 0.0899. The van der Waals surface area contributed by atoms with Gasteiger partial charge in [-0.05, 0) is 53.9 Å². The van der Waals surface area contributed by atoms with Crippen LogP contribution in [0.25, 0.3) is 11.1 Å². The molecule has 158 valence electrons. The van der Waals surface area contributed by atoms with Gasteiger partial charge >= 0.3 is 0 Å². The molecule has 6 nitrogen and oxygen atoms in total. The SMILES string of the molecule is NC1CCN(c2ccc(N3CCOc4cc(-c5ccc(Cl)cc5)ccc4C3=O)cn2)C1. The summed E-state index contributed by atoms with van der Waals surface area (Å²) in [5, 5.41) is 0.688. The van der Waals surface area contributed by atoms with Crippen molar-refractivity contribution in [1.82, 2.24) is 4.98 Å². The number of hydrogen-bond acceptors (Lipinski definition) is 5. The van der Waals surface area contributed by atoms with Gasteiger partial charge in [0.15, 0.2) is 0 Å². The molecule has 7 heteroatoms. The highest BCUT2D eigenvalue weighted by molar-refractivity contribution is 6.30. The summed E-state index contributed by atoms with van der Waals surface area (Å²) in [6.07, 6.45) is 2.73. The van der Waals surface area contributed by atoms with Crippen LogP contribution in [-0.4, -0.2) is 43.2 Å². The lowest BCUT2D eigenvalue weighted by molar-refractivity contribution is 0.0990. The lowest BCUT2D eigenvalue weighted by atomic mass is 10.0. The first-order valence-electron chi connectivity index (χ1n) is 10.4. The summed E-state index contributed by atoms with van der Waals surface area (Å²) in [7, 11) is 0. The van der Waals surface area contributed by atoms with Gasteiger partial charge in [0.2, 0.25) is 0 Å². The zero-order valence-corrected chi connectivity index (χ0v) is 17.8. The van der Waals surface area contributed by atoms with Crippen LogP contribution < -0.4 is 20.3 Å². The van der Waals surface area contributed by atoms with Gasteiger partial charge in [-0.25, -0.2) is 4.98 Å². The summed E-state index contributed by atoms with van der Waals surface area (Å²) in [4.78, 5) is 21.8. The fourth-order valence-corrected chi connectivity index (χ4v) is 4.23. The van der Waals surface area contributed by atoms with Crippen molar-refractivity contribution in [2.75, 3.05) is 36.0 Å². The minimum Gasteiger partial charge on any atom is -0.491 e. The third-order valence-corrected chi connectivity index (χ3v) is 6.05. The minimum atomic E-state index is -0.0899. The highest BCUT2D eigenvalue weighted by atomic mass is 35.5. The second-order valence-corrected chi connectivity index (χ2v) is 8.33. The van der Waals surface area contributed by atoms with Crippen molar-refractivity contribution >= 4 is 29.0 Å². The number of aromatic nitrogens is 1. The molecular formula is C24H23ClN4O2. The Kier molecular flexibility index (Phi) is 5.26. The Hall–Kier alpha value is -3.09. The number of amides is 1. The molecule has 5 rings (SSSR count). The van der Waals surface area contributed by atoms with E-state index in [1.807, 2.05) is 54.6 Å². The standard InChI is InChI=1S/C24H23ClN4O2/c25-18-4-1-16(2-5-18)17-3-7-21-22(13-17)31-12-11-29(24(21)30)20-6-8-23(27-14-20)28-10-9-19(26)15-28/h1-8,13-14,19H,9-12,15,26H2. The smallest absolute Gasteiger partial charge is 0.262 e. The number of fused-ring (bicyclic) bond motifs is 1. The Morgan fingerprint density at radius 2 is 1.84 bits per heavy atom. The second-order valence-electron chi connectivity index (χ2n) is 7.89. The highest BCUT2D eigenvalue weighted by Gasteiger charge is 2.26. The van der Waals surface area contributed by atoms with Gasteiger partial charge in [-0.1, -0.05) is 29.8 Å². The lowest BCUT2D eigenvalue weighted by Gasteiger charge is -2.22. The third-order valence-electron chi connectivity index (χ3n) is 5.80. The molecule has 3 aromatic rings. The summed E-state index contributed by atoms with van der Waals surface area (Å²) in [5.41, 5.74) is 9.31. The van der Waals surface area contributed by atoms with Crippen LogP contribution in [0.3, 0.4) is 0 Å². The van der Waals surface area contributed by atoms with Crippen molar-refractivity contribution in [3.05, 3.63) is 71.4 Å². The molecule has 0 spiro atoms. The van der Waals surface area contributed by atoms with Gasteiger partial charge in [0.25, 0.3) is 5.91 Å². The molecule has 0 saturated carbocycles.